The molecule has 1 aliphatic heterocycles. The lowest BCUT2D eigenvalue weighted by Crippen LogP contribution is -2.34. The van der Waals surface area contributed by atoms with Crippen LogP contribution in [0.3, 0.4) is 0 Å². The minimum absolute atomic E-state index is 0. The lowest BCUT2D eigenvalue weighted by atomic mass is 10.1. The smallest absolute Gasteiger partial charge is 0.261 e. The number of β-amino-alcohol motifs (C(OH)–C–C–N with tert-alkyl or cyclic N) is 1. The fourth-order valence-corrected chi connectivity index (χ4v) is 4.19. The van der Waals surface area contributed by atoms with Crippen molar-refractivity contribution in [2.45, 2.75) is 38.2 Å². The van der Waals surface area contributed by atoms with Crippen LogP contribution in [0.2, 0.25) is 0 Å². The second-order valence-electron chi connectivity index (χ2n) is 5.82. The van der Waals surface area contributed by atoms with Crippen LogP contribution in [0.15, 0.2) is 6.07 Å². The summed E-state index contributed by atoms with van der Waals surface area (Å²) in [4.78, 5) is 14.4. The third-order valence-electron chi connectivity index (χ3n) is 4.30. The summed E-state index contributed by atoms with van der Waals surface area (Å²) in [7, 11) is 0. The number of aliphatic hydroxyl groups is 1. The second kappa shape index (κ2) is 7.58. The van der Waals surface area contributed by atoms with Gasteiger partial charge < -0.3 is 15.7 Å². The predicted molar refractivity (Wildman–Crippen MR) is 87.5 cm³/mol. The lowest BCUT2D eigenvalue weighted by Gasteiger charge is -2.13. The molecule has 1 aromatic heterocycles. The maximum absolute atomic E-state index is 12.2. The predicted octanol–water partition coefficient (Wildman–Crippen LogP) is 1.75. The van der Waals surface area contributed by atoms with Crippen LogP contribution in [0.1, 0.15) is 39.4 Å². The zero-order valence-electron chi connectivity index (χ0n) is 12.1. The molecule has 0 aromatic carbocycles. The molecule has 2 atom stereocenters. The van der Waals surface area contributed by atoms with Crippen LogP contribution >= 0.6 is 23.7 Å². The van der Waals surface area contributed by atoms with Crippen LogP contribution in [-0.4, -0.2) is 36.8 Å². The van der Waals surface area contributed by atoms with Gasteiger partial charge in [-0.25, -0.2) is 0 Å². The van der Waals surface area contributed by atoms with Gasteiger partial charge in [-0.3, -0.25) is 4.79 Å². The van der Waals surface area contributed by atoms with Crippen molar-refractivity contribution in [2.24, 2.45) is 5.92 Å². The Labute approximate surface area is 135 Å². The summed E-state index contributed by atoms with van der Waals surface area (Å²) in [5.74, 6) is 0.152. The zero-order chi connectivity index (χ0) is 13.9. The molecule has 0 spiro atoms. The summed E-state index contributed by atoms with van der Waals surface area (Å²) in [6.07, 6.45) is 5.69. The van der Waals surface area contributed by atoms with Gasteiger partial charge in [-0.15, -0.1) is 23.7 Å². The Morgan fingerprint density at radius 1 is 1.33 bits per heavy atom. The van der Waals surface area contributed by atoms with E-state index in [4.69, 9.17) is 0 Å². The first-order valence-corrected chi connectivity index (χ1v) is 8.34. The number of carbonyl (C=O) groups excluding carboxylic acids is 1. The first kappa shape index (κ1) is 16.7. The molecule has 0 saturated carbocycles. The van der Waals surface area contributed by atoms with Gasteiger partial charge in [0.2, 0.25) is 0 Å². The average molecular weight is 331 g/mol. The van der Waals surface area contributed by atoms with Crippen molar-refractivity contribution in [2.75, 3.05) is 19.6 Å². The van der Waals surface area contributed by atoms with Crippen LogP contribution in [0, 0.1) is 5.92 Å². The topological polar surface area (TPSA) is 61.4 Å². The molecular weight excluding hydrogens is 308 g/mol. The first-order valence-electron chi connectivity index (χ1n) is 7.52. The van der Waals surface area contributed by atoms with Crippen molar-refractivity contribution in [3.8, 4) is 0 Å². The molecule has 1 fully saturated rings. The summed E-state index contributed by atoms with van der Waals surface area (Å²) in [6.45, 7) is 1.96. The highest BCUT2D eigenvalue weighted by Crippen LogP contribution is 2.28. The highest BCUT2D eigenvalue weighted by Gasteiger charge is 2.25. The number of halogens is 1. The largest absolute Gasteiger partial charge is 0.391 e. The molecule has 2 heterocycles. The molecule has 2 aliphatic rings. The van der Waals surface area contributed by atoms with E-state index in [0.717, 1.165) is 24.3 Å². The van der Waals surface area contributed by atoms with Crippen LogP contribution in [0.25, 0.3) is 0 Å². The Morgan fingerprint density at radius 3 is 2.90 bits per heavy atom. The van der Waals surface area contributed by atoms with Gasteiger partial charge in [-0.2, -0.15) is 0 Å². The molecule has 3 N–H and O–H groups in total. The normalized spacial score (nSPS) is 24.8. The average Bonchev–Trinajstić information content (AvgIpc) is 2.97. The summed E-state index contributed by atoms with van der Waals surface area (Å²) < 4.78 is 0. The summed E-state index contributed by atoms with van der Waals surface area (Å²) in [5.41, 5.74) is 1.38. The molecule has 3 rings (SSSR count). The SMILES string of the molecule is Cl.O=C(NCC1CNCC1O)c1cc2c(s1)CCCCC2. The molecule has 1 saturated heterocycles. The van der Waals surface area contributed by atoms with E-state index >= 15 is 0 Å². The fraction of sp³-hybridized carbons (Fsp3) is 0.667. The molecule has 2 unspecified atom stereocenters. The van der Waals surface area contributed by atoms with Gasteiger partial charge in [0.1, 0.15) is 0 Å². The Hall–Kier alpha value is -0.620. The quantitative estimate of drug-likeness (QED) is 0.740. The molecule has 21 heavy (non-hydrogen) atoms. The van der Waals surface area contributed by atoms with E-state index in [0.29, 0.717) is 13.1 Å². The van der Waals surface area contributed by atoms with E-state index < -0.39 is 0 Å². The number of fused-ring (bicyclic) bond motifs is 1. The minimum atomic E-state index is -0.338. The van der Waals surface area contributed by atoms with Crippen LogP contribution in [-0.2, 0) is 12.8 Å². The lowest BCUT2D eigenvalue weighted by molar-refractivity contribution is 0.0931. The molecular formula is C15H23ClN2O2S. The zero-order valence-corrected chi connectivity index (χ0v) is 13.7. The number of amides is 1. The standard InChI is InChI=1S/C15H22N2O2S.ClH/c18-12-9-16-7-11(12)8-17-15(19)14-6-10-4-2-1-3-5-13(10)20-14;/h6,11-12,16,18H,1-5,7-9H2,(H,17,19);1H. The van der Waals surface area contributed by atoms with E-state index in [1.165, 1.54) is 29.7 Å². The van der Waals surface area contributed by atoms with Crippen LogP contribution in [0.4, 0.5) is 0 Å². The monoisotopic (exact) mass is 330 g/mol. The van der Waals surface area contributed by atoms with E-state index in [1.807, 2.05) is 0 Å². The van der Waals surface area contributed by atoms with Gasteiger partial charge in [0.15, 0.2) is 0 Å². The van der Waals surface area contributed by atoms with E-state index in [-0.39, 0.29) is 30.3 Å². The van der Waals surface area contributed by atoms with Gasteiger partial charge in [0.05, 0.1) is 11.0 Å². The van der Waals surface area contributed by atoms with Crippen molar-refractivity contribution in [3.63, 3.8) is 0 Å². The van der Waals surface area contributed by atoms with Crippen LogP contribution in [0.5, 0.6) is 0 Å². The van der Waals surface area contributed by atoms with E-state index in [1.54, 1.807) is 11.3 Å². The number of aliphatic hydroxyl groups excluding tert-OH is 1. The molecule has 4 nitrogen and oxygen atoms in total. The van der Waals surface area contributed by atoms with Crippen molar-refractivity contribution < 1.29 is 9.90 Å². The van der Waals surface area contributed by atoms with Gasteiger partial charge in [-0.05, 0) is 37.3 Å². The number of nitrogens with one attached hydrogen (secondary N) is 2. The third-order valence-corrected chi connectivity index (χ3v) is 5.54. The number of hydrogen-bond donors (Lipinski definition) is 3. The number of hydrogen-bond acceptors (Lipinski definition) is 4. The summed E-state index contributed by atoms with van der Waals surface area (Å²) >= 11 is 1.65. The van der Waals surface area contributed by atoms with Crippen molar-refractivity contribution in [3.05, 3.63) is 21.4 Å². The van der Waals surface area contributed by atoms with Gasteiger partial charge in [0.25, 0.3) is 5.91 Å². The van der Waals surface area contributed by atoms with Crippen LogP contribution < -0.4 is 10.6 Å². The molecule has 1 aromatic rings. The van der Waals surface area contributed by atoms with Crippen molar-refractivity contribution in [1.82, 2.24) is 10.6 Å². The summed E-state index contributed by atoms with van der Waals surface area (Å²) in [6, 6.07) is 2.07. The molecule has 0 bridgehead atoms. The van der Waals surface area contributed by atoms with Gasteiger partial charge in [-0.1, -0.05) is 6.42 Å². The van der Waals surface area contributed by atoms with E-state index in [9.17, 15) is 9.90 Å². The second-order valence-corrected chi connectivity index (χ2v) is 6.95. The minimum Gasteiger partial charge on any atom is -0.391 e. The molecule has 118 valence electrons. The first-order chi connectivity index (χ1) is 9.74. The molecule has 0 radical (unpaired) electrons. The van der Waals surface area contributed by atoms with E-state index in [2.05, 4.69) is 16.7 Å². The number of rotatable bonds is 3. The molecule has 1 aliphatic carbocycles. The van der Waals surface area contributed by atoms with Crippen molar-refractivity contribution >= 4 is 29.7 Å². The third kappa shape index (κ3) is 3.97. The number of aryl methyl sites for hydroxylation is 2. The Morgan fingerprint density at radius 2 is 2.14 bits per heavy atom. The highest BCUT2D eigenvalue weighted by molar-refractivity contribution is 7.14. The Balaban J connectivity index is 0.00000161. The van der Waals surface area contributed by atoms with Gasteiger partial charge >= 0.3 is 0 Å². The Kier molecular flexibility index (Phi) is 6.05. The number of thiophene rings is 1. The fourth-order valence-electron chi connectivity index (χ4n) is 3.02. The highest BCUT2D eigenvalue weighted by atomic mass is 35.5. The Bertz CT molecular complexity index is 469. The molecule has 6 heteroatoms. The molecule has 1 amide bonds. The number of carbonyl (C=O) groups is 1. The van der Waals surface area contributed by atoms with Crippen molar-refractivity contribution in [1.29, 1.82) is 0 Å². The maximum atomic E-state index is 12.2. The summed E-state index contributed by atoms with van der Waals surface area (Å²) in [5, 5.41) is 15.8. The van der Waals surface area contributed by atoms with Gasteiger partial charge in [0, 0.05) is 30.4 Å². The maximum Gasteiger partial charge on any atom is 0.261 e.